The van der Waals surface area contributed by atoms with Crippen LogP contribution in [0.25, 0.3) is 0 Å². The van der Waals surface area contributed by atoms with E-state index in [4.69, 9.17) is 0 Å². The van der Waals surface area contributed by atoms with Crippen molar-refractivity contribution in [1.82, 2.24) is 10.2 Å². The van der Waals surface area contributed by atoms with Gasteiger partial charge in [0.1, 0.15) is 0 Å². The average Bonchev–Trinajstić information content (AvgIpc) is 2.44. The van der Waals surface area contributed by atoms with Crippen molar-refractivity contribution in [2.24, 2.45) is 11.8 Å². The van der Waals surface area contributed by atoms with Gasteiger partial charge in [-0.25, -0.2) is 0 Å². The fourth-order valence-corrected chi connectivity index (χ4v) is 2.53. The van der Waals surface area contributed by atoms with E-state index in [9.17, 15) is 4.79 Å². The molecule has 90 valence electrons. The first-order chi connectivity index (χ1) is 6.27. The zero-order chi connectivity index (χ0) is 9.26. The summed E-state index contributed by atoms with van der Waals surface area (Å²) in [6.45, 7) is 5.95. The quantitative estimate of drug-likeness (QED) is 0.707. The van der Waals surface area contributed by atoms with Crippen LogP contribution in [0, 0.1) is 11.8 Å². The number of amides is 1. The van der Waals surface area contributed by atoms with E-state index in [1.807, 2.05) is 4.90 Å². The van der Waals surface area contributed by atoms with Gasteiger partial charge in [0.05, 0.1) is 0 Å². The Labute approximate surface area is 104 Å². The van der Waals surface area contributed by atoms with Crippen molar-refractivity contribution in [2.75, 3.05) is 26.2 Å². The van der Waals surface area contributed by atoms with E-state index in [-0.39, 0.29) is 30.7 Å². The Morgan fingerprint density at radius 2 is 1.60 bits per heavy atom. The number of hydrogen-bond donors (Lipinski definition) is 1. The lowest BCUT2D eigenvalue weighted by Crippen LogP contribution is -2.30. The first-order valence-electron chi connectivity index (χ1n) is 5.23. The number of halogens is 2. The van der Waals surface area contributed by atoms with Crippen LogP contribution in [0.1, 0.15) is 19.8 Å². The molecule has 1 amide bonds. The molecule has 2 saturated heterocycles. The van der Waals surface area contributed by atoms with Crippen LogP contribution in [0.3, 0.4) is 0 Å². The van der Waals surface area contributed by atoms with Crippen LogP contribution in [0.4, 0.5) is 0 Å². The highest BCUT2D eigenvalue weighted by Crippen LogP contribution is 2.26. The zero-order valence-electron chi connectivity index (χ0n) is 9.07. The van der Waals surface area contributed by atoms with Gasteiger partial charge in [-0.1, -0.05) is 0 Å². The molecule has 2 rings (SSSR count). The van der Waals surface area contributed by atoms with Crippen LogP contribution in [0.2, 0.25) is 0 Å². The lowest BCUT2D eigenvalue weighted by molar-refractivity contribution is -0.128. The molecule has 0 saturated carbocycles. The molecule has 2 heterocycles. The number of carbonyl (C=O) groups is 1. The van der Waals surface area contributed by atoms with Gasteiger partial charge in [0, 0.05) is 20.0 Å². The third kappa shape index (κ3) is 3.51. The Kier molecular flexibility index (Phi) is 6.57. The van der Waals surface area contributed by atoms with Crippen LogP contribution in [0.15, 0.2) is 0 Å². The largest absolute Gasteiger partial charge is 0.343 e. The molecular formula is C10H20Cl2N2O. The van der Waals surface area contributed by atoms with Crippen molar-refractivity contribution in [3.63, 3.8) is 0 Å². The van der Waals surface area contributed by atoms with Crippen LogP contribution in [0.5, 0.6) is 0 Å². The zero-order valence-corrected chi connectivity index (χ0v) is 10.7. The van der Waals surface area contributed by atoms with Crippen molar-refractivity contribution in [2.45, 2.75) is 19.8 Å². The molecule has 0 radical (unpaired) electrons. The standard InChI is InChI=1S/C10H18N2O.2ClH/c1-8(13)12-4-2-9-6-11-7-10(9)3-5-12;;/h9-11H,2-7H2,1H3;2*1H/t9-,10+;;. The van der Waals surface area contributed by atoms with E-state index in [0.29, 0.717) is 0 Å². The summed E-state index contributed by atoms with van der Waals surface area (Å²) >= 11 is 0. The summed E-state index contributed by atoms with van der Waals surface area (Å²) in [6.07, 6.45) is 2.38. The molecule has 0 bridgehead atoms. The number of likely N-dealkylation sites (tertiary alicyclic amines) is 1. The van der Waals surface area contributed by atoms with E-state index < -0.39 is 0 Å². The molecule has 0 aliphatic carbocycles. The number of fused-ring (bicyclic) bond motifs is 1. The molecule has 0 aromatic rings. The highest BCUT2D eigenvalue weighted by Gasteiger charge is 2.30. The van der Waals surface area contributed by atoms with Gasteiger partial charge in [0.2, 0.25) is 5.91 Å². The fourth-order valence-electron chi connectivity index (χ4n) is 2.53. The van der Waals surface area contributed by atoms with Crippen LogP contribution < -0.4 is 5.32 Å². The van der Waals surface area contributed by atoms with E-state index in [2.05, 4.69) is 5.32 Å². The van der Waals surface area contributed by atoms with Crippen molar-refractivity contribution in [3.05, 3.63) is 0 Å². The maximum Gasteiger partial charge on any atom is 0.219 e. The van der Waals surface area contributed by atoms with Gasteiger partial charge >= 0.3 is 0 Å². The Bertz CT molecular complexity index is 200. The van der Waals surface area contributed by atoms with E-state index in [1.54, 1.807) is 6.92 Å². The van der Waals surface area contributed by atoms with E-state index >= 15 is 0 Å². The third-order valence-corrected chi connectivity index (χ3v) is 3.46. The van der Waals surface area contributed by atoms with Gasteiger partial charge in [-0.3, -0.25) is 4.79 Å². The fraction of sp³-hybridized carbons (Fsp3) is 0.900. The topological polar surface area (TPSA) is 32.3 Å². The summed E-state index contributed by atoms with van der Waals surface area (Å²) < 4.78 is 0. The summed E-state index contributed by atoms with van der Waals surface area (Å²) in [4.78, 5) is 13.2. The van der Waals surface area contributed by atoms with Crippen molar-refractivity contribution >= 4 is 30.7 Å². The molecule has 5 heteroatoms. The van der Waals surface area contributed by atoms with Gasteiger partial charge in [-0.15, -0.1) is 24.8 Å². The molecule has 0 aromatic carbocycles. The highest BCUT2D eigenvalue weighted by molar-refractivity contribution is 5.85. The lowest BCUT2D eigenvalue weighted by Gasteiger charge is -2.18. The summed E-state index contributed by atoms with van der Waals surface area (Å²) in [5.74, 6) is 1.89. The summed E-state index contributed by atoms with van der Waals surface area (Å²) in [5.41, 5.74) is 0. The summed E-state index contributed by atoms with van der Waals surface area (Å²) in [6, 6.07) is 0. The Hall–Kier alpha value is 0.01000. The van der Waals surface area contributed by atoms with E-state index in [0.717, 1.165) is 38.0 Å². The molecule has 15 heavy (non-hydrogen) atoms. The first-order valence-corrected chi connectivity index (χ1v) is 5.23. The number of nitrogens with zero attached hydrogens (tertiary/aromatic N) is 1. The van der Waals surface area contributed by atoms with Crippen molar-refractivity contribution < 1.29 is 4.79 Å². The summed E-state index contributed by atoms with van der Waals surface area (Å²) in [7, 11) is 0. The van der Waals surface area contributed by atoms with Gasteiger partial charge in [-0.05, 0) is 37.8 Å². The number of carbonyl (C=O) groups excluding carboxylic acids is 1. The second kappa shape index (κ2) is 6.56. The molecule has 2 aliphatic heterocycles. The minimum absolute atomic E-state index is 0. The monoisotopic (exact) mass is 254 g/mol. The molecule has 0 spiro atoms. The third-order valence-electron chi connectivity index (χ3n) is 3.46. The molecule has 1 N–H and O–H groups in total. The predicted octanol–water partition coefficient (Wildman–Crippen LogP) is 1.31. The van der Waals surface area contributed by atoms with Crippen molar-refractivity contribution in [3.8, 4) is 0 Å². The van der Waals surface area contributed by atoms with Gasteiger partial charge in [-0.2, -0.15) is 0 Å². The molecule has 2 aliphatic rings. The molecule has 0 aromatic heterocycles. The van der Waals surface area contributed by atoms with Crippen LogP contribution in [-0.4, -0.2) is 37.0 Å². The van der Waals surface area contributed by atoms with E-state index in [1.165, 1.54) is 12.8 Å². The maximum atomic E-state index is 11.2. The number of nitrogens with one attached hydrogen (secondary N) is 1. The number of hydrogen-bond acceptors (Lipinski definition) is 2. The SMILES string of the molecule is CC(=O)N1CC[C@@H]2CNC[C@@H]2CC1.Cl.Cl. The molecule has 2 fully saturated rings. The Morgan fingerprint density at radius 1 is 1.13 bits per heavy atom. The second-order valence-electron chi connectivity index (χ2n) is 4.26. The number of rotatable bonds is 0. The smallest absolute Gasteiger partial charge is 0.219 e. The van der Waals surface area contributed by atoms with Crippen molar-refractivity contribution in [1.29, 1.82) is 0 Å². The second-order valence-corrected chi connectivity index (χ2v) is 4.26. The van der Waals surface area contributed by atoms with Gasteiger partial charge < -0.3 is 10.2 Å². The predicted molar refractivity (Wildman–Crippen MR) is 65.8 cm³/mol. The minimum atomic E-state index is 0. The van der Waals surface area contributed by atoms with Crippen LogP contribution >= 0.6 is 24.8 Å². The first kappa shape index (κ1) is 15.0. The van der Waals surface area contributed by atoms with Crippen LogP contribution in [-0.2, 0) is 4.79 Å². The Morgan fingerprint density at radius 3 is 2.00 bits per heavy atom. The molecular weight excluding hydrogens is 235 g/mol. The Balaban J connectivity index is 0.000000980. The highest BCUT2D eigenvalue weighted by atomic mass is 35.5. The minimum Gasteiger partial charge on any atom is -0.343 e. The molecule has 2 atom stereocenters. The average molecular weight is 255 g/mol. The lowest BCUT2D eigenvalue weighted by atomic mass is 9.92. The summed E-state index contributed by atoms with van der Waals surface area (Å²) in [5, 5.41) is 3.43. The molecule has 3 nitrogen and oxygen atoms in total. The normalized spacial score (nSPS) is 29.5. The van der Waals surface area contributed by atoms with Gasteiger partial charge in [0.25, 0.3) is 0 Å². The van der Waals surface area contributed by atoms with Gasteiger partial charge in [0.15, 0.2) is 0 Å². The maximum absolute atomic E-state index is 11.2. The molecule has 0 unspecified atom stereocenters.